The highest BCUT2D eigenvalue weighted by Crippen LogP contribution is 2.39. The van der Waals surface area contributed by atoms with E-state index in [0.29, 0.717) is 11.1 Å². The summed E-state index contributed by atoms with van der Waals surface area (Å²) in [7, 11) is -3.29. The molecule has 0 unspecified atom stereocenters. The topological polar surface area (TPSA) is 88.7 Å². The molecule has 0 atom stereocenters. The van der Waals surface area contributed by atoms with E-state index >= 15 is 0 Å². The predicted octanol–water partition coefficient (Wildman–Crippen LogP) is 3.34. The highest BCUT2D eigenvalue weighted by atomic mass is 32.2. The van der Waals surface area contributed by atoms with E-state index in [1.54, 1.807) is 12.1 Å². The van der Waals surface area contributed by atoms with Gasteiger partial charge in [0.25, 0.3) is 0 Å². The molecule has 1 N–H and O–H groups in total. The van der Waals surface area contributed by atoms with Gasteiger partial charge in [0.05, 0.1) is 17.0 Å². The lowest BCUT2D eigenvalue weighted by Crippen LogP contribution is -2.01. The summed E-state index contributed by atoms with van der Waals surface area (Å²) in [5.74, 6) is -0.903. The lowest BCUT2D eigenvalue weighted by atomic mass is 10.2. The predicted molar refractivity (Wildman–Crippen MR) is 87.7 cm³/mol. The summed E-state index contributed by atoms with van der Waals surface area (Å²) < 4.78 is 37.8. The van der Waals surface area contributed by atoms with Crippen molar-refractivity contribution in [2.45, 2.75) is 11.4 Å². The van der Waals surface area contributed by atoms with Crippen LogP contribution in [0.5, 0.6) is 5.88 Å². The number of benzene rings is 2. The van der Waals surface area contributed by atoms with E-state index in [4.69, 9.17) is 0 Å². The van der Waals surface area contributed by atoms with Gasteiger partial charge >= 0.3 is 0 Å². The lowest BCUT2D eigenvalue weighted by molar-refractivity contribution is 0.430. The van der Waals surface area contributed by atoms with Crippen LogP contribution >= 0.6 is 0 Å². The Balaban J connectivity index is 2.07. The molecule has 1 heterocycles. The van der Waals surface area contributed by atoms with Gasteiger partial charge in [0, 0.05) is 11.6 Å². The molecule has 0 saturated heterocycles. The summed E-state index contributed by atoms with van der Waals surface area (Å²) in [5, 5.41) is 13.2. The van der Waals surface area contributed by atoms with Crippen LogP contribution < -0.4 is 0 Å². The van der Waals surface area contributed by atoms with Gasteiger partial charge in [-0.15, -0.1) is 4.91 Å². The second-order valence-corrected chi connectivity index (χ2v) is 7.44. The number of rotatable bonds is 4. The maximum Gasteiger partial charge on any atom is 0.222 e. The first-order valence-corrected chi connectivity index (χ1v) is 8.83. The minimum absolute atomic E-state index is 0.174. The van der Waals surface area contributed by atoms with Crippen molar-refractivity contribution < 1.29 is 17.9 Å². The quantitative estimate of drug-likeness (QED) is 0.732. The van der Waals surface area contributed by atoms with E-state index in [2.05, 4.69) is 5.18 Å². The molecule has 2 aromatic carbocycles. The number of hydrogen-bond donors (Lipinski definition) is 1. The highest BCUT2D eigenvalue weighted by molar-refractivity contribution is 7.90. The Morgan fingerprint density at radius 2 is 1.83 bits per heavy atom. The first-order valence-electron chi connectivity index (χ1n) is 6.94. The van der Waals surface area contributed by atoms with E-state index in [0.717, 1.165) is 12.3 Å². The summed E-state index contributed by atoms with van der Waals surface area (Å²) in [6, 6.07) is 9.95. The Hall–Kier alpha value is -2.74. The third kappa shape index (κ3) is 2.76. The largest absolute Gasteiger partial charge is 0.493 e. The molecule has 3 rings (SSSR count). The van der Waals surface area contributed by atoms with Crippen LogP contribution in [0.1, 0.15) is 5.56 Å². The molecule has 3 aromatic rings. The normalized spacial score (nSPS) is 11.8. The molecule has 0 bridgehead atoms. The second-order valence-electron chi connectivity index (χ2n) is 5.43. The first kappa shape index (κ1) is 16.1. The number of nitrogens with zero attached hydrogens (tertiary/aromatic N) is 2. The molecule has 0 aliphatic rings. The summed E-state index contributed by atoms with van der Waals surface area (Å²) in [6.45, 7) is 0.174. The van der Waals surface area contributed by atoms with Gasteiger partial charge in [0.15, 0.2) is 15.5 Å². The van der Waals surface area contributed by atoms with Gasteiger partial charge in [-0.05, 0) is 41.1 Å². The van der Waals surface area contributed by atoms with E-state index < -0.39 is 15.7 Å². The number of sulfone groups is 1. The third-order valence-corrected chi connectivity index (χ3v) is 4.88. The zero-order valence-corrected chi connectivity index (χ0v) is 13.4. The van der Waals surface area contributed by atoms with Crippen LogP contribution in [0.3, 0.4) is 0 Å². The number of hydrogen-bond acceptors (Lipinski definition) is 5. The molecule has 24 heavy (non-hydrogen) atoms. The molecule has 124 valence electrons. The molecule has 0 amide bonds. The van der Waals surface area contributed by atoms with Crippen LogP contribution in [0.25, 0.3) is 10.9 Å². The Kier molecular flexibility index (Phi) is 3.84. The number of halogens is 1. The summed E-state index contributed by atoms with van der Waals surface area (Å²) in [6.07, 6.45) is 1.11. The Morgan fingerprint density at radius 3 is 2.42 bits per heavy atom. The molecule has 0 fully saturated rings. The van der Waals surface area contributed by atoms with Crippen molar-refractivity contribution in [3.63, 3.8) is 0 Å². The number of fused-ring (bicyclic) bond motifs is 1. The van der Waals surface area contributed by atoms with Crippen LogP contribution in [0.2, 0.25) is 0 Å². The van der Waals surface area contributed by atoms with Gasteiger partial charge in [0.1, 0.15) is 5.82 Å². The molecule has 0 aliphatic carbocycles. The maximum atomic E-state index is 13.4. The van der Waals surface area contributed by atoms with E-state index in [9.17, 15) is 22.8 Å². The van der Waals surface area contributed by atoms with Crippen LogP contribution in [0.4, 0.5) is 10.1 Å². The van der Waals surface area contributed by atoms with E-state index in [-0.39, 0.29) is 28.4 Å². The molecule has 0 radical (unpaired) electrons. The molecule has 1 aromatic heterocycles. The van der Waals surface area contributed by atoms with Crippen molar-refractivity contribution in [2.24, 2.45) is 5.18 Å². The Labute approximate surface area is 137 Å². The zero-order valence-electron chi connectivity index (χ0n) is 12.6. The second kappa shape index (κ2) is 5.72. The minimum Gasteiger partial charge on any atom is -0.493 e. The van der Waals surface area contributed by atoms with Crippen molar-refractivity contribution in [3.8, 4) is 5.88 Å². The van der Waals surface area contributed by atoms with Gasteiger partial charge < -0.3 is 9.67 Å². The number of aromatic nitrogens is 1. The summed E-state index contributed by atoms with van der Waals surface area (Å²) in [4.78, 5) is 11.1. The van der Waals surface area contributed by atoms with Crippen LogP contribution in [-0.4, -0.2) is 24.3 Å². The standard InChI is InChI=1S/C16H13FN2O4S/c1-24(22,23)12-5-2-10(3-6-12)9-19-14-7-4-11(17)8-13(14)15(18-21)16(19)20/h2-8,20H,9H2,1H3. The van der Waals surface area contributed by atoms with Crippen molar-refractivity contribution in [3.05, 3.63) is 58.8 Å². The SMILES string of the molecule is CS(=O)(=O)c1ccc(Cn2c(O)c(N=O)c3cc(F)ccc32)cc1. The van der Waals surface area contributed by atoms with E-state index in [1.165, 1.54) is 28.8 Å². The monoisotopic (exact) mass is 348 g/mol. The van der Waals surface area contributed by atoms with Gasteiger partial charge in [0.2, 0.25) is 5.88 Å². The smallest absolute Gasteiger partial charge is 0.222 e. The molecule has 8 heteroatoms. The molecular weight excluding hydrogens is 335 g/mol. The van der Waals surface area contributed by atoms with Crippen molar-refractivity contribution in [1.29, 1.82) is 0 Å². The molecule has 0 saturated carbocycles. The fraction of sp³-hybridized carbons (Fsp3) is 0.125. The van der Waals surface area contributed by atoms with Gasteiger partial charge in [-0.3, -0.25) is 0 Å². The molecule has 0 aliphatic heterocycles. The minimum atomic E-state index is -3.29. The van der Waals surface area contributed by atoms with Crippen LogP contribution in [0, 0.1) is 10.7 Å². The average molecular weight is 348 g/mol. The maximum absolute atomic E-state index is 13.4. The van der Waals surface area contributed by atoms with Crippen LogP contribution in [-0.2, 0) is 16.4 Å². The average Bonchev–Trinajstić information content (AvgIpc) is 2.78. The van der Waals surface area contributed by atoms with Gasteiger partial charge in [-0.25, -0.2) is 12.8 Å². The summed E-state index contributed by atoms with van der Waals surface area (Å²) >= 11 is 0. The number of nitroso groups, excluding NO2 is 1. The van der Waals surface area contributed by atoms with Gasteiger partial charge in [-0.1, -0.05) is 12.1 Å². The Morgan fingerprint density at radius 1 is 1.17 bits per heavy atom. The van der Waals surface area contributed by atoms with Crippen molar-refractivity contribution in [2.75, 3.05) is 6.26 Å². The first-order chi connectivity index (χ1) is 11.3. The van der Waals surface area contributed by atoms with Gasteiger partial charge in [-0.2, -0.15) is 0 Å². The highest BCUT2D eigenvalue weighted by Gasteiger charge is 2.18. The molecule has 0 spiro atoms. The van der Waals surface area contributed by atoms with Crippen LogP contribution in [0.15, 0.2) is 52.5 Å². The molecular formula is C16H13FN2O4S. The lowest BCUT2D eigenvalue weighted by Gasteiger charge is -2.08. The Bertz CT molecular complexity index is 1040. The summed E-state index contributed by atoms with van der Waals surface area (Å²) in [5.41, 5.74) is 0.935. The van der Waals surface area contributed by atoms with Crippen molar-refractivity contribution >= 4 is 26.4 Å². The number of aromatic hydroxyl groups is 1. The molecule has 6 nitrogen and oxygen atoms in total. The van der Waals surface area contributed by atoms with Crippen molar-refractivity contribution in [1.82, 2.24) is 4.57 Å². The fourth-order valence-electron chi connectivity index (χ4n) is 2.57. The third-order valence-electron chi connectivity index (χ3n) is 3.76. The zero-order chi connectivity index (χ0) is 17.5. The fourth-order valence-corrected chi connectivity index (χ4v) is 3.20. The van der Waals surface area contributed by atoms with E-state index in [1.807, 2.05) is 0 Å².